The molecule has 1 aromatic carbocycles. The zero-order valence-electron chi connectivity index (χ0n) is 10.3. The van der Waals surface area contributed by atoms with Crippen LogP contribution >= 0.6 is 34.8 Å². The fraction of sp³-hybridized carbons (Fsp3) is 0.167. The largest absolute Gasteiger partial charge is 0.478 e. The molecular weight excluding hydrogens is 325 g/mol. The predicted molar refractivity (Wildman–Crippen MR) is 79.0 cm³/mol. The fourth-order valence-corrected chi connectivity index (χ4v) is 2.30. The molecule has 0 saturated heterocycles. The van der Waals surface area contributed by atoms with E-state index in [1.165, 1.54) is 16.9 Å². The van der Waals surface area contributed by atoms with Gasteiger partial charge in [-0.2, -0.15) is 5.10 Å². The summed E-state index contributed by atoms with van der Waals surface area (Å²) in [7, 11) is 1.67. The van der Waals surface area contributed by atoms with Crippen LogP contribution in [0.2, 0.25) is 15.1 Å². The number of halogens is 3. The lowest BCUT2D eigenvalue weighted by Crippen LogP contribution is -2.10. The van der Waals surface area contributed by atoms with E-state index in [2.05, 4.69) is 10.4 Å². The zero-order chi connectivity index (χ0) is 14.9. The molecule has 0 atom stereocenters. The molecule has 0 radical (unpaired) electrons. The van der Waals surface area contributed by atoms with E-state index < -0.39 is 5.97 Å². The topological polar surface area (TPSA) is 67.2 Å². The summed E-state index contributed by atoms with van der Waals surface area (Å²) in [6, 6.07) is 3.11. The molecule has 20 heavy (non-hydrogen) atoms. The van der Waals surface area contributed by atoms with E-state index in [1.807, 2.05) is 0 Å². The third kappa shape index (κ3) is 3.00. The zero-order valence-corrected chi connectivity index (χ0v) is 12.6. The second-order valence-corrected chi connectivity index (χ2v) is 5.26. The highest BCUT2D eigenvalue weighted by Crippen LogP contribution is 2.32. The predicted octanol–water partition coefficient (Wildman–Crippen LogP) is 3.69. The second kappa shape index (κ2) is 5.91. The lowest BCUT2D eigenvalue weighted by Gasteiger charge is -2.10. The van der Waals surface area contributed by atoms with Crippen molar-refractivity contribution >= 4 is 46.5 Å². The van der Waals surface area contributed by atoms with E-state index in [0.29, 0.717) is 26.4 Å². The fourth-order valence-electron chi connectivity index (χ4n) is 1.69. The number of hydrogen-bond donors (Lipinski definition) is 2. The summed E-state index contributed by atoms with van der Waals surface area (Å²) in [5.41, 5.74) is 1.23. The van der Waals surface area contributed by atoms with Crippen LogP contribution in [0.15, 0.2) is 18.3 Å². The van der Waals surface area contributed by atoms with Crippen molar-refractivity contribution < 1.29 is 9.90 Å². The minimum Gasteiger partial charge on any atom is -0.478 e. The quantitative estimate of drug-likeness (QED) is 0.837. The van der Waals surface area contributed by atoms with E-state index in [4.69, 9.17) is 39.9 Å². The molecular formula is C12H10Cl3N3O2. The van der Waals surface area contributed by atoms with Crippen molar-refractivity contribution in [3.63, 3.8) is 0 Å². The van der Waals surface area contributed by atoms with Gasteiger partial charge in [0.2, 0.25) is 0 Å². The van der Waals surface area contributed by atoms with Crippen LogP contribution in [0.25, 0.3) is 0 Å². The van der Waals surface area contributed by atoms with Crippen molar-refractivity contribution in [1.82, 2.24) is 9.78 Å². The van der Waals surface area contributed by atoms with Crippen molar-refractivity contribution in [3.8, 4) is 0 Å². The maximum absolute atomic E-state index is 11.1. The van der Waals surface area contributed by atoms with Crippen molar-refractivity contribution in [2.75, 3.05) is 5.32 Å². The number of anilines is 1. The first kappa shape index (κ1) is 15.0. The van der Waals surface area contributed by atoms with Gasteiger partial charge in [-0.15, -0.1) is 0 Å². The number of benzene rings is 1. The average Bonchev–Trinajstić information content (AvgIpc) is 2.74. The van der Waals surface area contributed by atoms with Crippen LogP contribution in [0.3, 0.4) is 0 Å². The highest BCUT2D eigenvalue weighted by molar-refractivity contribution is 6.44. The Labute approximate surface area is 130 Å². The smallest absolute Gasteiger partial charge is 0.339 e. The molecule has 1 aromatic heterocycles. The number of nitrogens with one attached hydrogen (secondary N) is 1. The van der Waals surface area contributed by atoms with Gasteiger partial charge in [-0.3, -0.25) is 4.68 Å². The number of nitrogens with zero attached hydrogens (tertiary/aromatic N) is 2. The molecule has 5 nitrogen and oxygen atoms in total. The Morgan fingerprint density at radius 1 is 1.30 bits per heavy atom. The minimum atomic E-state index is -1.03. The Balaban J connectivity index is 2.23. The van der Waals surface area contributed by atoms with E-state index in [9.17, 15) is 4.79 Å². The van der Waals surface area contributed by atoms with Crippen molar-refractivity contribution in [3.05, 3.63) is 44.7 Å². The number of carboxylic acids is 1. The van der Waals surface area contributed by atoms with Gasteiger partial charge in [-0.05, 0) is 12.1 Å². The molecule has 0 spiro atoms. The van der Waals surface area contributed by atoms with E-state index in [0.717, 1.165) is 0 Å². The molecule has 1 heterocycles. The Hall–Kier alpha value is -1.43. The summed E-state index contributed by atoms with van der Waals surface area (Å²) >= 11 is 17.8. The average molecular weight is 335 g/mol. The third-order valence-corrected chi connectivity index (χ3v) is 3.78. The molecule has 0 aliphatic rings. The molecule has 0 amide bonds. The summed E-state index contributed by atoms with van der Waals surface area (Å²) in [6.07, 6.45) is 1.30. The molecule has 0 saturated carbocycles. The molecule has 8 heteroatoms. The lowest BCUT2D eigenvalue weighted by atomic mass is 10.2. The van der Waals surface area contributed by atoms with Gasteiger partial charge < -0.3 is 10.4 Å². The first-order chi connectivity index (χ1) is 9.40. The summed E-state index contributed by atoms with van der Waals surface area (Å²) in [5.74, 6) is -1.03. The monoisotopic (exact) mass is 333 g/mol. The van der Waals surface area contributed by atoms with Gasteiger partial charge >= 0.3 is 5.97 Å². The van der Waals surface area contributed by atoms with Gasteiger partial charge in [0.05, 0.1) is 39.2 Å². The Bertz CT molecular complexity index is 670. The number of aromatic nitrogens is 2. The number of aryl methyl sites for hydroxylation is 1. The Morgan fingerprint density at radius 2 is 1.95 bits per heavy atom. The molecule has 2 N–H and O–H groups in total. The minimum absolute atomic E-state index is 0.135. The van der Waals surface area contributed by atoms with Crippen LogP contribution in [0.1, 0.15) is 16.1 Å². The van der Waals surface area contributed by atoms with E-state index in [-0.39, 0.29) is 12.1 Å². The van der Waals surface area contributed by atoms with Crippen LogP contribution in [0, 0.1) is 0 Å². The first-order valence-electron chi connectivity index (χ1n) is 5.52. The highest BCUT2D eigenvalue weighted by atomic mass is 35.5. The summed E-state index contributed by atoms with van der Waals surface area (Å²) in [4.78, 5) is 11.1. The van der Waals surface area contributed by atoms with Crippen LogP contribution in [-0.2, 0) is 13.6 Å². The molecule has 106 valence electrons. The van der Waals surface area contributed by atoms with Gasteiger partial charge in [0.15, 0.2) is 0 Å². The molecule has 0 unspecified atom stereocenters. The molecule has 0 bridgehead atoms. The second-order valence-electron chi connectivity index (χ2n) is 4.03. The van der Waals surface area contributed by atoms with Gasteiger partial charge in [-0.25, -0.2) is 4.79 Å². The van der Waals surface area contributed by atoms with Crippen molar-refractivity contribution in [2.24, 2.45) is 7.05 Å². The van der Waals surface area contributed by atoms with Gasteiger partial charge in [0, 0.05) is 7.05 Å². The molecule has 0 fully saturated rings. The summed E-state index contributed by atoms with van der Waals surface area (Å²) in [6.45, 7) is 0.246. The normalized spacial score (nSPS) is 10.6. The summed E-state index contributed by atoms with van der Waals surface area (Å²) in [5, 5.41) is 17.1. The number of carbonyl (C=O) groups is 1. The lowest BCUT2D eigenvalue weighted by molar-refractivity contribution is 0.0695. The number of hydrogen-bond acceptors (Lipinski definition) is 3. The van der Waals surface area contributed by atoms with E-state index in [1.54, 1.807) is 13.1 Å². The number of carboxylic acid groups (broad SMARTS) is 1. The van der Waals surface area contributed by atoms with Gasteiger partial charge in [0.25, 0.3) is 0 Å². The Kier molecular flexibility index (Phi) is 4.42. The number of rotatable bonds is 4. The standard InChI is InChI=1S/C12H10Cl3N3O2/c1-18-11(6(4-17-18)12(19)20)5-16-10-3-8(14)7(13)2-9(10)15/h2-4,16H,5H2,1H3,(H,19,20). The van der Waals surface area contributed by atoms with Gasteiger partial charge in [0.1, 0.15) is 5.56 Å². The third-order valence-electron chi connectivity index (χ3n) is 2.75. The van der Waals surface area contributed by atoms with Crippen LogP contribution in [-0.4, -0.2) is 20.9 Å². The summed E-state index contributed by atoms with van der Waals surface area (Å²) < 4.78 is 1.49. The SMILES string of the molecule is Cn1ncc(C(=O)O)c1CNc1cc(Cl)c(Cl)cc1Cl. The van der Waals surface area contributed by atoms with Gasteiger partial charge in [-0.1, -0.05) is 34.8 Å². The van der Waals surface area contributed by atoms with Crippen molar-refractivity contribution in [1.29, 1.82) is 0 Å². The Morgan fingerprint density at radius 3 is 2.60 bits per heavy atom. The maximum atomic E-state index is 11.1. The molecule has 0 aliphatic carbocycles. The molecule has 2 rings (SSSR count). The maximum Gasteiger partial charge on any atom is 0.339 e. The number of aromatic carboxylic acids is 1. The molecule has 0 aliphatic heterocycles. The van der Waals surface area contributed by atoms with Crippen molar-refractivity contribution in [2.45, 2.75) is 6.54 Å². The van der Waals surface area contributed by atoms with E-state index >= 15 is 0 Å². The first-order valence-corrected chi connectivity index (χ1v) is 6.66. The van der Waals surface area contributed by atoms with Crippen LogP contribution < -0.4 is 5.32 Å². The molecule has 2 aromatic rings. The highest BCUT2D eigenvalue weighted by Gasteiger charge is 2.15. The van der Waals surface area contributed by atoms with Crippen LogP contribution in [0.4, 0.5) is 5.69 Å². The van der Waals surface area contributed by atoms with Crippen LogP contribution in [0.5, 0.6) is 0 Å².